The molecular weight excluding hydrogens is 327 g/mol. The maximum atomic E-state index is 12.4. The molecule has 1 aliphatic heterocycles. The van der Waals surface area contributed by atoms with Crippen LogP contribution in [0.5, 0.6) is 0 Å². The third-order valence-electron chi connectivity index (χ3n) is 3.82. The summed E-state index contributed by atoms with van der Waals surface area (Å²) in [5.74, 6) is -0.509. The second kappa shape index (κ2) is 6.18. The highest BCUT2D eigenvalue weighted by atomic mass is 35.5. The predicted octanol–water partition coefficient (Wildman–Crippen LogP) is 3.48. The Morgan fingerprint density at radius 1 is 1.27 bits per heavy atom. The van der Waals surface area contributed by atoms with Gasteiger partial charge in [0.25, 0.3) is 0 Å². The van der Waals surface area contributed by atoms with Gasteiger partial charge in [-0.2, -0.15) is 0 Å². The Hall–Kier alpha value is -1.72. The molecule has 22 heavy (non-hydrogen) atoms. The van der Waals surface area contributed by atoms with Crippen molar-refractivity contribution in [2.45, 2.75) is 13.0 Å². The first-order valence-electron chi connectivity index (χ1n) is 6.54. The van der Waals surface area contributed by atoms with Gasteiger partial charge in [-0.15, -0.1) is 0 Å². The highest BCUT2D eigenvalue weighted by Gasteiger charge is 2.40. The fraction of sp³-hybridized carbons (Fsp3) is 0.333. The van der Waals surface area contributed by atoms with Gasteiger partial charge in [-0.05, 0) is 18.6 Å². The van der Waals surface area contributed by atoms with Crippen LogP contribution in [0.25, 0.3) is 0 Å². The first-order chi connectivity index (χ1) is 10.3. The summed E-state index contributed by atoms with van der Waals surface area (Å²) in [6.07, 6.45) is 0. The van der Waals surface area contributed by atoms with E-state index >= 15 is 0 Å². The molecule has 2 amide bonds. The van der Waals surface area contributed by atoms with Crippen LogP contribution >= 0.6 is 23.2 Å². The largest absolute Gasteiger partial charge is 0.466 e. The van der Waals surface area contributed by atoms with E-state index < -0.39 is 12.0 Å². The lowest BCUT2D eigenvalue weighted by molar-refractivity contribution is -0.137. The third-order valence-corrected chi connectivity index (χ3v) is 4.66. The van der Waals surface area contributed by atoms with E-state index in [2.05, 4.69) is 0 Å². The molecule has 0 saturated heterocycles. The zero-order chi connectivity index (χ0) is 16.6. The summed E-state index contributed by atoms with van der Waals surface area (Å²) in [4.78, 5) is 27.4. The van der Waals surface area contributed by atoms with Gasteiger partial charge in [0.1, 0.15) is 0 Å². The van der Waals surface area contributed by atoms with Crippen LogP contribution in [0.15, 0.2) is 29.5 Å². The van der Waals surface area contributed by atoms with E-state index in [1.54, 1.807) is 39.2 Å². The van der Waals surface area contributed by atoms with E-state index in [-0.39, 0.29) is 6.03 Å². The number of amides is 2. The lowest BCUT2D eigenvalue weighted by atomic mass is 9.93. The van der Waals surface area contributed by atoms with E-state index in [1.165, 1.54) is 16.9 Å². The van der Waals surface area contributed by atoms with Gasteiger partial charge in [0.15, 0.2) is 0 Å². The average molecular weight is 343 g/mol. The number of nitrogens with zero attached hydrogens (tertiary/aromatic N) is 2. The number of methoxy groups -OCH3 is 1. The summed E-state index contributed by atoms with van der Waals surface area (Å²) in [7, 11) is 4.51. The van der Waals surface area contributed by atoms with Crippen LogP contribution in [0, 0.1) is 0 Å². The van der Waals surface area contributed by atoms with Gasteiger partial charge in [-0.1, -0.05) is 35.3 Å². The van der Waals surface area contributed by atoms with Gasteiger partial charge in [-0.25, -0.2) is 9.59 Å². The number of rotatable bonds is 2. The number of hydrogen-bond acceptors (Lipinski definition) is 3. The van der Waals surface area contributed by atoms with Crippen molar-refractivity contribution in [3.8, 4) is 0 Å². The summed E-state index contributed by atoms with van der Waals surface area (Å²) in [5, 5.41) is 0.674. The molecular formula is C15H16Cl2N2O3. The molecule has 1 heterocycles. The number of ether oxygens (including phenoxy) is 1. The van der Waals surface area contributed by atoms with Crippen molar-refractivity contribution < 1.29 is 14.3 Å². The molecule has 1 unspecified atom stereocenters. The van der Waals surface area contributed by atoms with Gasteiger partial charge in [0, 0.05) is 19.8 Å². The Kier molecular flexibility index (Phi) is 4.68. The smallest absolute Gasteiger partial charge is 0.337 e. The van der Waals surface area contributed by atoms with Crippen LogP contribution in [0.3, 0.4) is 0 Å². The van der Waals surface area contributed by atoms with Crippen molar-refractivity contribution in [3.63, 3.8) is 0 Å². The molecule has 0 radical (unpaired) electrons. The molecule has 118 valence electrons. The maximum absolute atomic E-state index is 12.4. The Morgan fingerprint density at radius 3 is 2.50 bits per heavy atom. The molecule has 1 aromatic rings. The molecule has 0 aliphatic carbocycles. The number of urea groups is 1. The first-order valence-corrected chi connectivity index (χ1v) is 7.30. The molecule has 1 aromatic carbocycles. The minimum Gasteiger partial charge on any atom is -0.466 e. The summed E-state index contributed by atoms with van der Waals surface area (Å²) in [6, 6.07) is 4.22. The standard InChI is InChI=1S/C15H16Cl2N2O3/c1-8-11(14(20)22-4)13(19(3)15(21)18(8)2)9-6-5-7-10(16)12(9)17/h5-7,13H,1-4H3. The number of allylic oxidation sites excluding steroid dienone is 1. The normalized spacial score (nSPS) is 18.8. The topological polar surface area (TPSA) is 49.9 Å². The number of carbonyl (C=O) groups is 2. The summed E-state index contributed by atoms with van der Waals surface area (Å²) >= 11 is 12.3. The zero-order valence-corrected chi connectivity index (χ0v) is 14.2. The first kappa shape index (κ1) is 16.6. The maximum Gasteiger partial charge on any atom is 0.337 e. The van der Waals surface area contributed by atoms with Gasteiger partial charge >= 0.3 is 12.0 Å². The van der Waals surface area contributed by atoms with Crippen LogP contribution in [-0.2, 0) is 9.53 Å². The number of hydrogen-bond donors (Lipinski definition) is 0. The highest BCUT2D eigenvalue weighted by molar-refractivity contribution is 6.42. The number of carbonyl (C=O) groups excluding carboxylic acids is 2. The van der Waals surface area contributed by atoms with Crippen molar-refractivity contribution in [2.24, 2.45) is 0 Å². The number of benzene rings is 1. The second-order valence-corrected chi connectivity index (χ2v) is 5.77. The van der Waals surface area contributed by atoms with Crippen molar-refractivity contribution >= 4 is 35.2 Å². The molecule has 0 fully saturated rings. The van der Waals surface area contributed by atoms with Gasteiger partial charge in [-0.3, -0.25) is 0 Å². The SMILES string of the molecule is COC(=O)C1=C(C)N(C)C(=O)N(C)C1c1cccc(Cl)c1Cl. The Balaban J connectivity index is 2.71. The second-order valence-electron chi connectivity index (χ2n) is 4.99. The minimum absolute atomic E-state index is 0.244. The van der Waals surface area contributed by atoms with Crippen molar-refractivity contribution in [1.82, 2.24) is 9.80 Å². The Bertz CT molecular complexity index is 673. The van der Waals surface area contributed by atoms with E-state index in [0.29, 0.717) is 26.9 Å². The van der Waals surface area contributed by atoms with E-state index in [4.69, 9.17) is 27.9 Å². The number of halogens is 2. The predicted molar refractivity (Wildman–Crippen MR) is 84.8 cm³/mol. The summed E-state index contributed by atoms with van der Waals surface area (Å²) < 4.78 is 4.88. The summed E-state index contributed by atoms with van der Waals surface area (Å²) in [5.41, 5.74) is 1.46. The average Bonchev–Trinajstić information content (AvgIpc) is 2.51. The van der Waals surface area contributed by atoms with Crippen LogP contribution < -0.4 is 0 Å². The van der Waals surface area contributed by atoms with Gasteiger partial charge in [0.2, 0.25) is 0 Å². The van der Waals surface area contributed by atoms with E-state index in [9.17, 15) is 9.59 Å². The quantitative estimate of drug-likeness (QED) is 0.773. The molecule has 2 rings (SSSR count). The molecule has 0 bridgehead atoms. The highest BCUT2D eigenvalue weighted by Crippen LogP contribution is 2.40. The molecule has 0 aromatic heterocycles. The fourth-order valence-electron chi connectivity index (χ4n) is 2.53. The zero-order valence-electron chi connectivity index (χ0n) is 12.7. The monoisotopic (exact) mass is 342 g/mol. The van der Waals surface area contributed by atoms with Crippen molar-refractivity contribution in [3.05, 3.63) is 45.1 Å². The Morgan fingerprint density at radius 2 is 1.91 bits per heavy atom. The summed E-state index contributed by atoms with van der Waals surface area (Å²) in [6.45, 7) is 1.70. The van der Waals surface area contributed by atoms with Crippen LogP contribution in [0.4, 0.5) is 4.79 Å². The lowest BCUT2D eigenvalue weighted by Crippen LogP contribution is -2.47. The van der Waals surface area contributed by atoms with Crippen LogP contribution in [0.2, 0.25) is 10.0 Å². The van der Waals surface area contributed by atoms with Gasteiger partial charge < -0.3 is 14.5 Å². The lowest BCUT2D eigenvalue weighted by Gasteiger charge is -2.39. The fourth-order valence-corrected chi connectivity index (χ4v) is 2.94. The van der Waals surface area contributed by atoms with Crippen molar-refractivity contribution in [1.29, 1.82) is 0 Å². The van der Waals surface area contributed by atoms with E-state index in [0.717, 1.165) is 0 Å². The molecule has 1 atom stereocenters. The molecule has 7 heteroatoms. The minimum atomic E-state index is -0.651. The number of likely N-dealkylation sites (N-methyl/N-ethyl adjacent to an activating group) is 1. The molecule has 0 saturated carbocycles. The van der Waals surface area contributed by atoms with Gasteiger partial charge in [0.05, 0.1) is 28.8 Å². The third kappa shape index (κ3) is 2.55. The van der Waals surface area contributed by atoms with Crippen molar-refractivity contribution in [2.75, 3.05) is 21.2 Å². The van der Waals surface area contributed by atoms with Crippen LogP contribution in [-0.4, -0.2) is 43.0 Å². The molecule has 0 spiro atoms. The molecule has 0 N–H and O–H groups in total. The number of esters is 1. The van der Waals surface area contributed by atoms with Crippen LogP contribution in [0.1, 0.15) is 18.5 Å². The molecule has 1 aliphatic rings. The Labute approximate surface area is 139 Å². The molecule has 5 nitrogen and oxygen atoms in total. The van der Waals surface area contributed by atoms with E-state index in [1.807, 2.05) is 0 Å².